The molecule has 4 nitrogen and oxygen atoms in total. The van der Waals surface area contributed by atoms with Crippen LogP contribution in [0.15, 0.2) is 24.4 Å². The monoisotopic (exact) mass is 174 g/mol. The molecule has 13 heavy (non-hydrogen) atoms. The number of hydrogen-bond acceptors (Lipinski definition) is 4. The van der Waals surface area contributed by atoms with Crippen LogP contribution in [0.5, 0.6) is 5.75 Å². The van der Waals surface area contributed by atoms with Gasteiger partial charge in [0.2, 0.25) is 0 Å². The molecule has 0 amide bonds. The normalized spacial score (nSPS) is 10.2. The number of carbonyl (C=O) groups is 1. The summed E-state index contributed by atoms with van der Waals surface area (Å²) >= 11 is 0. The Morgan fingerprint density at radius 1 is 1.38 bits per heavy atom. The number of rotatable bonds is 1. The maximum absolute atomic E-state index is 10.4. The Hall–Kier alpha value is -1.97. The van der Waals surface area contributed by atoms with Crippen LogP contribution in [0.4, 0.5) is 0 Å². The van der Waals surface area contributed by atoms with Crippen molar-refractivity contribution in [3.05, 3.63) is 30.1 Å². The molecule has 0 aliphatic heterocycles. The Labute approximate surface area is 73.9 Å². The summed E-state index contributed by atoms with van der Waals surface area (Å²) in [5.74, 6) is 0.0717. The third-order valence-electron chi connectivity index (χ3n) is 1.69. The number of aromatic nitrogens is 2. The van der Waals surface area contributed by atoms with Crippen LogP contribution in [0.2, 0.25) is 0 Å². The second-order valence-corrected chi connectivity index (χ2v) is 2.56. The lowest BCUT2D eigenvalue weighted by atomic mass is 10.3. The van der Waals surface area contributed by atoms with E-state index in [4.69, 9.17) is 0 Å². The Morgan fingerprint density at radius 2 is 2.23 bits per heavy atom. The highest BCUT2D eigenvalue weighted by Gasteiger charge is 2.01. The maximum atomic E-state index is 10.4. The number of hydrogen-bond donors (Lipinski definition) is 1. The number of phenols is 1. The van der Waals surface area contributed by atoms with Crippen LogP contribution in [0, 0.1) is 0 Å². The predicted molar refractivity (Wildman–Crippen MR) is 46.6 cm³/mol. The first-order valence-electron chi connectivity index (χ1n) is 3.71. The number of phenolic OH excluding ortho intramolecular Hbond substituents is 1. The van der Waals surface area contributed by atoms with E-state index in [1.807, 2.05) is 0 Å². The molecular weight excluding hydrogens is 168 g/mol. The molecule has 0 bridgehead atoms. The summed E-state index contributed by atoms with van der Waals surface area (Å²) in [6.07, 6.45) is 1.95. The quantitative estimate of drug-likeness (QED) is 0.658. The van der Waals surface area contributed by atoms with Crippen LogP contribution in [-0.4, -0.2) is 21.4 Å². The van der Waals surface area contributed by atoms with Gasteiger partial charge in [0, 0.05) is 0 Å². The molecule has 0 radical (unpaired) electrons. The minimum absolute atomic E-state index is 0.0717. The Kier molecular flexibility index (Phi) is 1.66. The van der Waals surface area contributed by atoms with Gasteiger partial charge in [-0.25, -0.2) is 9.97 Å². The highest BCUT2D eigenvalue weighted by molar-refractivity contribution is 5.83. The van der Waals surface area contributed by atoms with E-state index in [1.54, 1.807) is 12.1 Å². The molecular formula is C9H6N2O2. The molecule has 0 saturated heterocycles. The van der Waals surface area contributed by atoms with Gasteiger partial charge in [0.25, 0.3) is 0 Å². The highest BCUT2D eigenvalue weighted by atomic mass is 16.3. The van der Waals surface area contributed by atoms with Gasteiger partial charge in [-0.15, -0.1) is 0 Å². The SMILES string of the molecule is O=Cc1cnc2c(O)cccc2n1. The average Bonchev–Trinajstić information content (AvgIpc) is 2.18. The van der Waals surface area contributed by atoms with E-state index < -0.39 is 0 Å². The Balaban J connectivity index is 2.79. The van der Waals surface area contributed by atoms with E-state index in [1.165, 1.54) is 12.3 Å². The second-order valence-electron chi connectivity index (χ2n) is 2.56. The molecule has 0 saturated carbocycles. The fourth-order valence-electron chi connectivity index (χ4n) is 1.10. The first kappa shape index (κ1) is 7.67. The molecule has 0 aliphatic carbocycles. The average molecular weight is 174 g/mol. The Bertz CT molecular complexity index is 468. The fourth-order valence-corrected chi connectivity index (χ4v) is 1.10. The van der Waals surface area contributed by atoms with Gasteiger partial charge in [0.1, 0.15) is 17.0 Å². The second kappa shape index (κ2) is 2.82. The number of aldehydes is 1. The van der Waals surface area contributed by atoms with Crippen molar-refractivity contribution in [2.75, 3.05) is 0 Å². The minimum atomic E-state index is 0.0717. The molecule has 1 N–H and O–H groups in total. The van der Waals surface area contributed by atoms with Crippen molar-refractivity contribution >= 4 is 17.3 Å². The number of para-hydroxylation sites is 1. The van der Waals surface area contributed by atoms with E-state index in [0.29, 0.717) is 17.3 Å². The zero-order valence-corrected chi connectivity index (χ0v) is 6.64. The van der Waals surface area contributed by atoms with Crippen LogP contribution >= 0.6 is 0 Å². The number of benzene rings is 1. The van der Waals surface area contributed by atoms with Crippen LogP contribution in [0.25, 0.3) is 11.0 Å². The van der Waals surface area contributed by atoms with Crippen molar-refractivity contribution in [2.45, 2.75) is 0 Å². The van der Waals surface area contributed by atoms with E-state index in [2.05, 4.69) is 9.97 Å². The zero-order chi connectivity index (χ0) is 9.26. The van der Waals surface area contributed by atoms with E-state index in [-0.39, 0.29) is 11.4 Å². The van der Waals surface area contributed by atoms with E-state index in [9.17, 15) is 9.90 Å². The smallest absolute Gasteiger partial charge is 0.170 e. The number of aromatic hydroxyl groups is 1. The molecule has 0 aliphatic rings. The van der Waals surface area contributed by atoms with Gasteiger partial charge in [-0.3, -0.25) is 4.79 Å². The fraction of sp³-hybridized carbons (Fsp3) is 0. The van der Waals surface area contributed by atoms with Gasteiger partial charge in [0.15, 0.2) is 6.29 Å². The van der Waals surface area contributed by atoms with Gasteiger partial charge in [0.05, 0.1) is 11.7 Å². The molecule has 1 aromatic carbocycles. The molecule has 64 valence electrons. The molecule has 4 heteroatoms. The summed E-state index contributed by atoms with van der Waals surface area (Å²) in [4.78, 5) is 18.2. The van der Waals surface area contributed by atoms with Gasteiger partial charge < -0.3 is 5.11 Å². The van der Waals surface area contributed by atoms with Crippen LogP contribution in [-0.2, 0) is 0 Å². The lowest BCUT2D eigenvalue weighted by Gasteiger charge is -1.98. The molecule has 2 rings (SSSR count). The molecule has 1 heterocycles. The van der Waals surface area contributed by atoms with E-state index in [0.717, 1.165) is 0 Å². The standard InChI is InChI=1S/C9H6N2O2/c12-5-6-4-10-9-7(11-6)2-1-3-8(9)13/h1-5,13H. The van der Waals surface area contributed by atoms with Gasteiger partial charge in [-0.05, 0) is 12.1 Å². The summed E-state index contributed by atoms with van der Waals surface area (Å²) in [5.41, 5.74) is 1.19. The molecule has 0 spiro atoms. The van der Waals surface area contributed by atoms with Crippen molar-refractivity contribution in [3.63, 3.8) is 0 Å². The summed E-state index contributed by atoms with van der Waals surface area (Å²) in [6.45, 7) is 0. The summed E-state index contributed by atoms with van der Waals surface area (Å²) in [6, 6.07) is 4.87. The number of fused-ring (bicyclic) bond motifs is 1. The predicted octanol–water partition coefficient (Wildman–Crippen LogP) is 1.15. The van der Waals surface area contributed by atoms with Crippen molar-refractivity contribution in [2.24, 2.45) is 0 Å². The number of nitrogens with zero attached hydrogens (tertiary/aromatic N) is 2. The van der Waals surface area contributed by atoms with Crippen LogP contribution < -0.4 is 0 Å². The lowest BCUT2D eigenvalue weighted by molar-refractivity contribution is 0.111. The lowest BCUT2D eigenvalue weighted by Crippen LogP contribution is -1.90. The number of carbonyl (C=O) groups excluding carboxylic acids is 1. The van der Waals surface area contributed by atoms with Crippen LogP contribution in [0.1, 0.15) is 10.5 Å². The molecule has 0 fully saturated rings. The first-order chi connectivity index (χ1) is 6.31. The minimum Gasteiger partial charge on any atom is -0.506 e. The first-order valence-corrected chi connectivity index (χ1v) is 3.71. The van der Waals surface area contributed by atoms with Crippen molar-refractivity contribution in [3.8, 4) is 5.75 Å². The molecule has 2 aromatic rings. The molecule has 1 aromatic heterocycles. The summed E-state index contributed by atoms with van der Waals surface area (Å²) in [5, 5.41) is 9.34. The summed E-state index contributed by atoms with van der Waals surface area (Å²) < 4.78 is 0. The maximum Gasteiger partial charge on any atom is 0.170 e. The largest absolute Gasteiger partial charge is 0.506 e. The van der Waals surface area contributed by atoms with Crippen molar-refractivity contribution in [1.82, 2.24) is 9.97 Å². The third-order valence-corrected chi connectivity index (χ3v) is 1.69. The molecule has 0 unspecified atom stereocenters. The van der Waals surface area contributed by atoms with E-state index >= 15 is 0 Å². The highest BCUT2D eigenvalue weighted by Crippen LogP contribution is 2.19. The van der Waals surface area contributed by atoms with Crippen LogP contribution in [0.3, 0.4) is 0 Å². The third kappa shape index (κ3) is 1.22. The zero-order valence-electron chi connectivity index (χ0n) is 6.64. The van der Waals surface area contributed by atoms with Gasteiger partial charge >= 0.3 is 0 Å². The topological polar surface area (TPSA) is 63.1 Å². The van der Waals surface area contributed by atoms with Gasteiger partial charge in [-0.1, -0.05) is 6.07 Å². The van der Waals surface area contributed by atoms with Crippen molar-refractivity contribution in [1.29, 1.82) is 0 Å². The van der Waals surface area contributed by atoms with Gasteiger partial charge in [-0.2, -0.15) is 0 Å². The summed E-state index contributed by atoms with van der Waals surface area (Å²) in [7, 11) is 0. The van der Waals surface area contributed by atoms with Crippen molar-refractivity contribution < 1.29 is 9.90 Å². The Morgan fingerprint density at radius 3 is 3.00 bits per heavy atom. The molecule has 0 atom stereocenters.